The molecule has 0 aromatic heterocycles. The van der Waals surface area contributed by atoms with Gasteiger partial charge in [0.2, 0.25) is 5.78 Å². The van der Waals surface area contributed by atoms with Crippen molar-refractivity contribution >= 4 is 17.2 Å². The highest BCUT2D eigenvalue weighted by molar-refractivity contribution is 6.26. The van der Waals surface area contributed by atoms with Crippen molar-refractivity contribution in [1.29, 1.82) is 0 Å². The molecular formula is C27H27NO5. The Kier molecular flexibility index (Phi) is 8.38. The van der Waals surface area contributed by atoms with Crippen molar-refractivity contribution in [3.63, 3.8) is 0 Å². The highest BCUT2D eigenvalue weighted by Crippen LogP contribution is 2.39. The average molecular weight is 446 g/mol. The Morgan fingerprint density at radius 2 is 1.39 bits per heavy atom. The monoisotopic (exact) mass is 445 g/mol. The van der Waals surface area contributed by atoms with Crippen LogP contribution in [0.5, 0.6) is 17.2 Å². The van der Waals surface area contributed by atoms with Gasteiger partial charge in [-0.1, -0.05) is 44.0 Å². The van der Waals surface area contributed by atoms with Gasteiger partial charge < -0.3 is 18.9 Å². The molecule has 0 saturated carbocycles. The average Bonchev–Trinajstić information content (AvgIpc) is 2.84. The molecule has 170 valence electrons. The second kappa shape index (κ2) is 11.6. The van der Waals surface area contributed by atoms with E-state index in [0.29, 0.717) is 47.4 Å². The number of hydrogen-bond acceptors (Lipinski definition) is 6. The van der Waals surface area contributed by atoms with Gasteiger partial charge in [0, 0.05) is 12.1 Å². The van der Waals surface area contributed by atoms with Gasteiger partial charge in [0.05, 0.1) is 23.6 Å². The first-order valence-corrected chi connectivity index (χ1v) is 10.5. The first kappa shape index (κ1) is 23.8. The van der Waals surface area contributed by atoms with Gasteiger partial charge in [-0.15, -0.1) is 6.58 Å². The van der Waals surface area contributed by atoms with E-state index in [-0.39, 0.29) is 19.0 Å². The summed E-state index contributed by atoms with van der Waals surface area (Å²) in [5, 5.41) is 0. The van der Waals surface area contributed by atoms with Gasteiger partial charge in [-0.2, -0.15) is 0 Å². The third-order valence-electron chi connectivity index (χ3n) is 4.65. The van der Waals surface area contributed by atoms with Crippen LogP contribution in [0.25, 0.3) is 0 Å². The van der Waals surface area contributed by atoms with Crippen molar-refractivity contribution in [2.24, 2.45) is 4.99 Å². The fraction of sp³-hybridized carbons (Fsp3) is 0.185. The molecule has 6 heteroatoms. The molecule has 0 aliphatic carbocycles. The number of ether oxygens (including phenoxy) is 4. The molecule has 0 bridgehead atoms. The van der Waals surface area contributed by atoms with Crippen molar-refractivity contribution in [3.05, 3.63) is 98.1 Å². The number of rotatable bonds is 13. The number of fused-ring (bicyclic) bond motifs is 1. The number of carbonyl (C=O) groups excluding carboxylic acids is 1. The smallest absolute Gasteiger partial charge is 0.203 e. The lowest BCUT2D eigenvalue weighted by atomic mass is 9.92. The number of Topliss-reactive ketones (excluding diaryl/α,β-unsaturated/α-hetero) is 1. The zero-order chi connectivity index (χ0) is 23.6. The number of hydrogen-bond donors (Lipinski definition) is 0. The minimum Gasteiger partial charge on any atom is -0.490 e. The first-order chi connectivity index (χ1) is 16.1. The summed E-state index contributed by atoms with van der Waals surface area (Å²) in [5.41, 5.74) is 2.01. The topological polar surface area (TPSA) is 66.3 Å². The zero-order valence-electron chi connectivity index (χ0n) is 18.5. The molecular weight excluding hydrogens is 418 g/mol. The molecule has 0 spiro atoms. The van der Waals surface area contributed by atoms with Crippen molar-refractivity contribution in [1.82, 2.24) is 0 Å². The van der Waals surface area contributed by atoms with Gasteiger partial charge in [0.1, 0.15) is 37.1 Å². The lowest BCUT2D eigenvalue weighted by molar-refractivity contribution is 0.0685. The number of benzene rings is 2. The SMILES string of the molecule is C=CCOc1ccc(C2=Nc3cc(OCC=C)cc(OCC=C)c3C(=O)C2OCC=C)cc1. The summed E-state index contributed by atoms with van der Waals surface area (Å²) >= 11 is 0. The minimum absolute atomic E-state index is 0.189. The molecule has 1 aliphatic rings. The Morgan fingerprint density at radius 1 is 0.788 bits per heavy atom. The summed E-state index contributed by atoms with van der Waals surface area (Å²) in [6.07, 6.45) is 5.59. The number of aliphatic imine (C=N–C) groups is 1. The van der Waals surface area contributed by atoms with Crippen LogP contribution in [0.2, 0.25) is 0 Å². The molecule has 0 fully saturated rings. The van der Waals surface area contributed by atoms with Crippen LogP contribution in [0.4, 0.5) is 5.69 Å². The predicted molar refractivity (Wildman–Crippen MR) is 130 cm³/mol. The molecule has 1 unspecified atom stereocenters. The van der Waals surface area contributed by atoms with Crippen LogP contribution in [-0.4, -0.2) is 44.0 Å². The third kappa shape index (κ3) is 5.67. The van der Waals surface area contributed by atoms with E-state index in [2.05, 4.69) is 26.3 Å². The van der Waals surface area contributed by atoms with Crippen molar-refractivity contribution in [3.8, 4) is 17.2 Å². The summed E-state index contributed by atoms with van der Waals surface area (Å²) in [7, 11) is 0. The Bertz CT molecular complexity index is 1070. The normalized spacial score (nSPS) is 14.5. The van der Waals surface area contributed by atoms with Gasteiger partial charge in [-0.3, -0.25) is 4.79 Å². The molecule has 0 amide bonds. The fourth-order valence-electron chi connectivity index (χ4n) is 3.27. The standard InChI is InChI=1S/C27H27NO5/c1-5-13-30-20-11-9-19(10-12-20)25-27(33-16-8-4)26(29)24-22(28-25)17-21(31-14-6-2)18-23(24)32-15-7-3/h5-12,17-18,27H,1-4,13-16H2. The molecule has 0 N–H and O–H groups in total. The molecule has 2 aromatic rings. The largest absolute Gasteiger partial charge is 0.490 e. The second-order valence-corrected chi connectivity index (χ2v) is 7.00. The van der Waals surface area contributed by atoms with Crippen molar-refractivity contribution in [2.75, 3.05) is 26.4 Å². The Hall–Kier alpha value is -3.90. The minimum atomic E-state index is -0.915. The van der Waals surface area contributed by atoms with E-state index in [9.17, 15) is 4.79 Å². The van der Waals surface area contributed by atoms with Crippen LogP contribution < -0.4 is 14.2 Å². The van der Waals surface area contributed by atoms with Gasteiger partial charge in [0.25, 0.3) is 0 Å². The summed E-state index contributed by atoms with van der Waals surface area (Å²) in [6.45, 7) is 15.8. The van der Waals surface area contributed by atoms with E-state index in [4.69, 9.17) is 23.9 Å². The van der Waals surface area contributed by atoms with Crippen molar-refractivity contribution < 1.29 is 23.7 Å². The van der Waals surface area contributed by atoms with Gasteiger partial charge in [-0.05, 0) is 29.8 Å². The molecule has 0 saturated heterocycles. The zero-order valence-corrected chi connectivity index (χ0v) is 18.5. The maximum absolute atomic E-state index is 13.6. The highest BCUT2D eigenvalue weighted by atomic mass is 16.5. The van der Waals surface area contributed by atoms with E-state index in [1.807, 2.05) is 24.3 Å². The van der Waals surface area contributed by atoms with Gasteiger partial charge >= 0.3 is 0 Å². The number of nitrogens with zero attached hydrogens (tertiary/aromatic N) is 1. The Balaban J connectivity index is 2.10. The lowest BCUT2D eigenvalue weighted by Gasteiger charge is -2.26. The predicted octanol–water partition coefficient (Wildman–Crippen LogP) is 5.27. The Labute approximate surface area is 194 Å². The van der Waals surface area contributed by atoms with E-state index in [1.165, 1.54) is 0 Å². The summed E-state index contributed by atoms with van der Waals surface area (Å²) in [5.74, 6) is 1.31. The van der Waals surface area contributed by atoms with E-state index < -0.39 is 6.10 Å². The molecule has 1 aliphatic heterocycles. The van der Waals surface area contributed by atoms with Crippen LogP contribution in [0.15, 0.2) is 92.0 Å². The van der Waals surface area contributed by atoms with E-state index in [1.54, 1.807) is 36.4 Å². The van der Waals surface area contributed by atoms with E-state index >= 15 is 0 Å². The maximum atomic E-state index is 13.6. The number of ketones is 1. The third-order valence-corrected chi connectivity index (χ3v) is 4.65. The molecule has 1 heterocycles. The van der Waals surface area contributed by atoms with E-state index in [0.717, 1.165) is 5.56 Å². The van der Waals surface area contributed by atoms with Gasteiger partial charge in [-0.25, -0.2) is 4.99 Å². The van der Waals surface area contributed by atoms with Crippen LogP contribution in [0.3, 0.4) is 0 Å². The quantitative estimate of drug-likeness (QED) is 0.393. The second-order valence-electron chi connectivity index (χ2n) is 7.00. The molecule has 33 heavy (non-hydrogen) atoms. The summed E-state index contributed by atoms with van der Waals surface area (Å²) in [6, 6.07) is 10.7. The molecule has 2 aromatic carbocycles. The number of carbonyl (C=O) groups is 1. The fourth-order valence-corrected chi connectivity index (χ4v) is 3.27. The highest BCUT2D eigenvalue weighted by Gasteiger charge is 2.36. The Morgan fingerprint density at radius 3 is 2.03 bits per heavy atom. The van der Waals surface area contributed by atoms with Crippen LogP contribution in [-0.2, 0) is 4.74 Å². The van der Waals surface area contributed by atoms with Gasteiger partial charge in [0.15, 0.2) is 6.10 Å². The first-order valence-electron chi connectivity index (χ1n) is 10.5. The van der Waals surface area contributed by atoms with Crippen LogP contribution in [0, 0.1) is 0 Å². The summed E-state index contributed by atoms with van der Waals surface area (Å²) in [4.78, 5) is 18.4. The maximum Gasteiger partial charge on any atom is 0.203 e. The summed E-state index contributed by atoms with van der Waals surface area (Å²) < 4.78 is 22.9. The van der Waals surface area contributed by atoms with Crippen molar-refractivity contribution in [2.45, 2.75) is 6.10 Å². The van der Waals surface area contributed by atoms with Crippen LogP contribution in [0.1, 0.15) is 15.9 Å². The molecule has 6 nitrogen and oxygen atoms in total. The van der Waals surface area contributed by atoms with Crippen LogP contribution >= 0.6 is 0 Å². The molecule has 3 rings (SSSR count). The lowest BCUT2D eigenvalue weighted by Crippen LogP contribution is -2.36. The molecule has 1 atom stereocenters. The molecule has 0 radical (unpaired) electrons.